The van der Waals surface area contributed by atoms with Gasteiger partial charge in [-0.15, -0.1) is 11.8 Å². The third kappa shape index (κ3) is 2.43. The molecule has 114 valence electrons. The zero-order valence-electron chi connectivity index (χ0n) is 11.7. The largest absolute Gasteiger partial charge is 0.387 e. The molecule has 2 aromatic heterocycles. The molecule has 1 aliphatic rings. The number of hydrogen-bond acceptors (Lipinski definition) is 7. The van der Waals surface area contributed by atoms with Gasteiger partial charge < -0.3 is 19.7 Å². The zero-order chi connectivity index (χ0) is 15.0. The molecular formula is C13H17N3O4S. The summed E-state index contributed by atoms with van der Waals surface area (Å²) in [5.41, 5.74) is 1.54. The van der Waals surface area contributed by atoms with Gasteiger partial charge in [0, 0.05) is 7.11 Å². The van der Waals surface area contributed by atoms with E-state index < -0.39 is 24.4 Å². The minimum atomic E-state index is -1.02. The van der Waals surface area contributed by atoms with Crippen molar-refractivity contribution in [2.24, 2.45) is 0 Å². The van der Waals surface area contributed by atoms with Crippen LogP contribution in [-0.4, -0.2) is 63.1 Å². The lowest BCUT2D eigenvalue weighted by Crippen LogP contribution is -2.33. The normalized spacial score (nSPS) is 29.3. The predicted octanol–water partition coefficient (Wildman–Crippen LogP) is 0.259. The minimum Gasteiger partial charge on any atom is -0.387 e. The summed E-state index contributed by atoms with van der Waals surface area (Å²) in [5.74, 6) is 0. The van der Waals surface area contributed by atoms with Crippen molar-refractivity contribution in [2.45, 2.75) is 29.4 Å². The van der Waals surface area contributed by atoms with E-state index in [1.54, 1.807) is 4.52 Å². The first kappa shape index (κ1) is 14.7. The van der Waals surface area contributed by atoms with Crippen molar-refractivity contribution >= 4 is 17.3 Å². The highest BCUT2D eigenvalue weighted by atomic mass is 32.2. The molecule has 3 heterocycles. The Morgan fingerprint density at radius 2 is 2.19 bits per heavy atom. The van der Waals surface area contributed by atoms with Crippen LogP contribution in [0.15, 0.2) is 23.5 Å². The molecule has 2 aromatic rings. The molecule has 1 saturated heterocycles. The molecule has 0 aliphatic carbocycles. The van der Waals surface area contributed by atoms with Crippen LogP contribution in [0.1, 0.15) is 11.8 Å². The third-order valence-electron chi connectivity index (χ3n) is 3.62. The van der Waals surface area contributed by atoms with Crippen LogP contribution >= 0.6 is 11.8 Å². The third-order valence-corrected chi connectivity index (χ3v) is 4.33. The summed E-state index contributed by atoms with van der Waals surface area (Å²) in [6.07, 6.45) is 0.203. The number of fused-ring (bicyclic) bond motifs is 1. The first-order chi connectivity index (χ1) is 10.2. The Kier molecular flexibility index (Phi) is 4.14. The number of aliphatic hydroxyl groups excluding tert-OH is 2. The summed E-state index contributed by atoms with van der Waals surface area (Å²) < 4.78 is 12.4. The van der Waals surface area contributed by atoms with E-state index >= 15 is 0 Å². The van der Waals surface area contributed by atoms with Gasteiger partial charge in [0.1, 0.15) is 35.8 Å². The standard InChI is InChI=1S/C13H17N3O4S/c1-19-5-9-10(17)11(18)12(20-9)7-3-4-8-13(21-2)14-6-15-16(7)8/h3-4,6,9-12,17-18H,5H2,1-2H3/t9-,10-,11-,12?/m1/s1. The van der Waals surface area contributed by atoms with Gasteiger partial charge in [0.25, 0.3) is 0 Å². The van der Waals surface area contributed by atoms with Crippen LogP contribution in [-0.2, 0) is 9.47 Å². The average Bonchev–Trinajstić information content (AvgIpc) is 3.04. The Morgan fingerprint density at radius 1 is 1.38 bits per heavy atom. The zero-order valence-corrected chi connectivity index (χ0v) is 12.5. The van der Waals surface area contributed by atoms with Gasteiger partial charge in [-0.1, -0.05) is 0 Å². The van der Waals surface area contributed by atoms with Gasteiger partial charge in [0.15, 0.2) is 0 Å². The van der Waals surface area contributed by atoms with Gasteiger partial charge in [-0.2, -0.15) is 5.10 Å². The Hall–Kier alpha value is -1.19. The highest BCUT2D eigenvalue weighted by molar-refractivity contribution is 7.98. The van der Waals surface area contributed by atoms with Gasteiger partial charge in [0.05, 0.1) is 17.8 Å². The highest BCUT2D eigenvalue weighted by Gasteiger charge is 2.44. The molecule has 0 amide bonds. The number of aliphatic hydroxyl groups is 2. The van der Waals surface area contributed by atoms with Crippen LogP contribution in [0.3, 0.4) is 0 Å². The van der Waals surface area contributed by atoms with Gasteiger partial charge >= 0.3 is 0 Å². The molecule has 21 heavy (non-hydrogen) atoms. The van der Waals surface area contributed by atoms with E-state index in [0.717, 1.165) is 10.5 Å². The van der Waals surface area contributed by atoms with E-state index in [1.165, 1.54) is 25.2 Å². The molecule has 2 N–H and O–H groups in total. The molecule has 7 nitrogen and oxygen atoms in total. The van der Waals surface area contributed by atoms with Crippen LogP contribution in [0.5, 0.6) is 0 Å². The SMILES string of the molecule is COC[C@H]1OC(c2ccc3c(SC)ncnn23)[C@H](O)[C@@H]1O. The Labute approximate surface area is 125 Å². The molecule has 3 rings (SSSR count). The maximum atomic E-state index is 10.2. The molecule has 8 heteroatoms. The second-order valence-corrected chi connectivity index (χ2v) is 5.65. The molecule has 4 atom stereocenters. The maximum absolute atomic E-state index is 10.2. The number of ether oxygens (including phenoxy) is 2. The van der Waals surface area contributed by atoms with Crippen LogP contribution in [0, 0.1) is 0 Å². The first-order valence-corrected chi connectivity index (χ1v) is 7.77. The van der Waals surface area contributed by atoms with Crippen LogP contribution in [0.2, 0.25) is 0 Å². The van der Waals surface area contributed by atoms with E-state index in [4.69, 9.17) is 9.47 Å². The van der Waals surface area contributed by atoms with E-state index in [1.807, 2.05) is 18.4 Å². The summed E-state index contributed by atoms with van der Waals surface area (Å²) >= 11 is 1.52. The van der Waals surface area contributed by atoms with Crippen molar-refractivity contribution in [1.29, 1.82) is 0 Å². The van der Waals surface area contributed by atoms with E-state index in [-0.39, 0.29) is 6.61 Å². The number of methoxy groups -OCH3 is 1. The molecule has 0 bridgehead atoms. The van der Waals surface area contributed by atoms with Crippen LogP contribution in [0.4, 0.5) is 0 Å². The van der Waals surface area contributed by atoms with Crippen molar-refractivity contribution in [3.05, 3.63) is 24.2 Å². The summed E-state index contributed by atoms with van der Waals surface area (Å²) in [6.45, 7) is 0.225. The second kappa shape index (κ2) is 5.90. The van der Waals surface area contributed by atoms with E-state index in [9.17, 15) is 10.2 Å². The van der Waals surface area contributed by atoms with Gasteiger partial charge in [0.2, 0.25) is 0 Å². The Balaban J connectivity index is 1.98. The lowest BCUT2D eigenvalue weighted by atomic mass is 10.1. The summed E-state index contributed by atoms with van der Waals surface area (Å²) in [6, 6.07) is 3.72. The smallest absolute Gasteiger partial charge is 0.137 e. The molecule has 1 fully saturated rings. The van der Waals surface area contributed by atoms with Crippen LogP contribution in [0.25, 0.3) is 5.52 Å². The van der Waals surface area contributed by atoms with E-state index in [2.05, 4.69) is 10.1 Å². The minimum absolute atomic E-state index is 0.225. The molecule has 0 aromatic carbocycles. The summed E-state index contributed by atoms with van der Waals surface area (Å²) in [5, 5.41) is 25.3. The fraction of sp³-hybridized carbons (Fsp3) is 0.538. The van der Waals surface area contributed by atoms with Crippen molar-refractivity contribution < 1.29 is 19.7 Å². The Bertz CT molecular complexity index is 635. The van der Waals surface area contributed by atoms with Crippen molar-refractivity contribution in [3.8, 4) is 0 Å². The van der Waals surface area contributed by atoms with Gasteiger partial charge in [-0.25, -0.2) is 9.50 Å². The first-order valence-electron chi connectivity index (χ1n) is 6.54. The Morgan fingerprint density at radius 3 is 2.90 bits per heavy atom. The average molecular weight is 311 g/mol. The molecule has 0 radical (unpaired) electrons. The van der Waals surface area contributed by atoms with Crippen molar-refractivity contribution in [2.75, 3.05) is 20.0 Å². The highest BCUT2D eigenvalue weighted by Crippen LogP contribution is 2.35. The predicted molar refractivity (Wildman–Crippen MR) is 76.3 cm³/mol. The van der Waals surface area contributed by atoms with Gasteiger partial charge in [-0.3, -0.25) is 0 Å². The molecule has 1 aliphatic heterocycles. The van der Waals surface area contributed by atoms with Crippen LogP contribution < -0.4 is 0 Å². The fourth-order valence-electron chi connectivity index (χ4n) is 2.60. The molecular weight excluding hydrogens is 294 g/mol. The number of rotatable bonds is 4. The van der Waals surface area contributed by atoms with Crippen molar-refractivity contribution in [3.63, 3.8) is 0 Å². The molecule has 0 saturated carbocycles. The number of aromatic nitrogens is 3. The number of hydrogen-bond donors (Lipinski definition) is 2. The lowest BCUT2D eigenvalue weighted by Gasteiger charge is -2.14. The quantitative estimate of drug-likeness (QED) is 0.783. The lowest BCUT2D eigenvalue weighted by molar-refractivity contribution is -0.0352. The number of nitrogens with zero attached hydrogens (tertiary/aromatic N) is 3. The van der Waals surface area contributed by atoms with E-state index in [0.29, 0.717) is 5.69 Å². The second-order valence-electron chi connectivity index (χ2n) is 4.86. The van der Waals surface area contributed by atoms with Gasteiger partial charge in [-0.05, 0) is 18.4 Å². The summed E-state index contributed by atoms with van der Waals surface area (Å²) in [7, 11) is 1.53. The maximum Gasteiger partial charge on any atom is 0.137 e. The number of thioether (sulfide) groups is 1. The topological polar surface area (TPSA) is 89.1 Å². The summed E-state index contributed by atoms with van der Waals surface area (Å²) in [4.78, 5) is 4.20. The molecule has 0 spiro atoms. The monoisotopic (exact) mass is 311 g/mol. The van der Waals surface area contributed by atoms with Crippen molar-refractivity contribution in [1.82, 2.24) is 14.6 Å². The molecule has 1 unspecified atom stereocenters. The fourth-order valence-corrected chi connectivity index (χ4v) is 3.12.